The first kappa shape index (κ1) is 8.02. The Morgan fingerprint density at radius 2 is 2.00 bits per heavy atom. The standard InChI is InChI=1S/C8H18N2.H2/c1-6-5-10(4)8(3)7(2)9-6;/h6-9H,5H2,1-4H3;1H/t6-,7?,8?;/m0./s1. The summed E-state index contributed by atoms with van der Waals surface area (Å²) in [7, 11) is 2.19. The number of nitrogens with one attached hydrogen (secondary N) is 1. The lowest BCUT2D eigenvalue weighted by Crippen LogP contribution is -2.57. The Morgan fingerprint density at radius 3 is 2.50 bits per heavy atom. The van der Waals surface area contributed by atoms with Crippen LogP contribution in [0.15, 0.2) is 0 Å². The lowest BCUT2D eigenvalue weighted by molar-refractivity contribution is 0.141. The van der Waals surface area contributed by atoms with Crippen molar-refractivity contribution in [3.05, 3.63) is 0 Å². The molecule has 3 atom stereocenters. The number of nitrogens with zero attached hydrogens (tertiary/aromatic N) is 1. The lowest BCUT2D eigenvalue weighted by Gasteiger charge is -2.39. The molecule has 0 saturated carbocycles. The van der Waals surface area contributed by atoms with Crippen molar-refractivity contribution in [2.45, 2.75) is 38.9 Å². The molecule has 0 aromatic heterocycles. The smallest absolute Gasteiger partial charge is 0.0216 e. The van der Waals surface area contributed by atoms with Crippen LogP contribution in [0, 0.1) is 0 Å². The van der Waals surface area contributed by atoms with Crippen LogP contribution in [0.25, 0.3) is 0 Å². The van der Waals surface area contributed by atoms with E-state index in [1.807, 2.05) is 0 Å². The van der Waals surface area contributed by atoms with E-state index in [2.05, 4.69) is 38.0 Å². The Labute approximate surface area is 65.1 Å². The van der Waals surface area contributed by atoms with Gasteiger partial charge in [0.25, 0.3) is 0 Å². The van der Waals surface area contributed by atoms with Crippen molar-refractivity contribution in [2.24, 2.45) is 0 Å². The summed E-state index contributed by atoms with van der Waals surface area (Å²) in [5, 5.41) is 3.52. The summed E-state index contributed by atoms with van der Waals surface area (Å²) in [5.74, 6) is 0. The maximum atomic E-state index is 3.52. The summed E-state index contributed by atoms with van der Waals surface area (Å²) in [4.78, 5) is 2.41. The zero-order chi connectivity index (χ0) is 7.72. The Morgan fingerprint density at radius 1 is 1.40 bits per heavy atom. The van der Waals surface area contributed by atoms with Crippen molar-refractivity contribution in [3.63, 3.8) is 0 Å². The van der Waals surface area contributed by atoms with Gasteiger partial charge >= 0.3 is 0 Å². The number of piperazine rings is 1. The van der Waals surface area contributed by atoms with Gasteiger partial charge in [-0.2, -0.15) is 0 Å². The van der Waals surface area contributed by atoms with Crippen LogP contribution in [-0.4, -0.2) is 36.6 Å². The highest BCUT2D eigenvalue weighted by molar-refractivity contribution is 4.85. The van der Waals surface area contributed by atoms with E-state index in [1.165, 1.54) is 6.54 Å². The number of hydrogen-bond donors (Lipinski definition) is 1. The van der Waals surface area contributed by atoms with Crippen molar-refractivity contribution in [1.29, 1.82) is 0 Å². The predicted molar refractivity (Wildman–Crippen MR) is 46.3 cm³/mol. The largest absolute Gasteiger partial charge is 0.309 e. The van der Waals surface area contributed by atoms with Crippen LogP contribution in [0.2, 0.25) is 0 Å². The molecule has 0 aliphatic carbocycles. The van der Waals surface area contributed by atoms with Crippen LogP contribution < -0.4 is 5.32 Å². The van der Waals surface area contributed by atoms with E-state index >= 15 is 0 Å². The van der Waals surface area contributed by atoms with E-state index in [0.717, 1.165) is 0 Å². The molecular formula is C8H20N2. The van der Waals surface area contributed by atoms with Crippen molar-refractivity contribution < 1.29 is 1.43 Å². The summed E-state index contributed by atoms with van der Waals surface area (Å²) in [6, 6.07) is 1.96. The first-order valence-corrected chi connectivity index (χ1v) is 4.07. The molecule has 2 unspecified atom stereocenters. The van der Waals surface area contributed by atoms with Crippen molar-refractivity contribution >= 4 is 0 Å². The molecule has 0 amide bonds. The summed E-state index contributed by atoms with van der Waals surface area (Å²) in [6.07, 6.45) is 0. The lowest BCUT2D eigenvalue weighted by atomic mass is 10.1. The molecule has 1 aliphatic heterocycles. The van der Waals surface area contributed by atoms with Crippen molar-refractivity contribution in [2.75, 3.05) is 13.6 Å². The van der Waals surface area contributed by atoms with Gasteiger partial charge in [0.2, 0.25) is 0 Å². The quantitative estimate of drug-likeness (QED) is 0.544. The van der Waals surface area contributed by atoms with Crippen LogP contribution in [-0.2, 0) is 0 Å². The number of hydrogen-bond acceptors (Lipinski definition) is 2. The third kappa shape index (κ3) is 1.50. The molecule has 1 fully saturated rings. The fourth-order valence-electron chi connectivity index (χ4n) is 1.62. The van der Waals surface area contributed by atoms with Crippen molar-refractivity contribution in [1.82, 2.24) is 10.2 Å². The first-order chi connectivity index (χ1) is 4.61. The van der Waals surface area contributed by atoms with Gasteiger partial charge < -0.3 is 10.2 Å². The van der Waals surface area contributed by atoms with Crippen LogP contribution in [0.3, 0.4) is 0 Å². The van der Waals surface area contributed by atoms with Crippen LogP contribution in [0.5, 0.6) is 0 Å². The van der Waals surface area contributed by atoms with Gasteiger partial charge in [0.1, 0.15) is 0 Å². The van der Waals surface area contributed by atoms with E-state index in [0.29, 0.717) is 18.1 Å². The molecule has 1 saturated heterocycles. The normalized spacial score (nSPS) is 43.8. The minimum Gasteiger partial charge on any atom is -0.309 e. The molecule has 1 rings (SSSR count). The van der Waals surface area contributed by atoms with Crippen LogP contribution in [0.1, 0.15) is 22.2 Å². The molecule has 1 aliphatic rings. The monoisotopic (exact) mass is 144 g/mol. The molecule has 2 heteroatoms. The predicted octanol–water partition coefficient (Wildman–Crippen LogP) is 0.933. The van der Waals surface area contributed by atoms with E-state index in [4.69, 9.17) is 0 Å². The molecule has 0 bridgehead atoms. The second kappa shape index (κ2) is 2.89. The summed E-state index contributed by atoms with van der Waals surface area (Å²) >= 11 is 0. The van der Waals surface area contributed by atoms with Crippen LogP contribution >= 0.6 is 0 Å². The van der Waals surface area contributed by atoms with Gasteiger partial charge in [0.05, 0.1) is 0 Å². The van der Waals surface area contributed by atoms with Gasteiger partial charge in [-0.15, -0.1) is 0 Å². The summed E-state index contributed by atoms with van der Waals surface area (Å²) < 4.78 is 0. The third-order valence-electron chi connectivity index (χ3n) is 2.53. The minimum absolute atomic E-state index is 0. The highest BCUT2D eigenvalue weighted by atomic mass is 15.2. The third-order valence-corrected chi connectivity index (χ3v) is 2.53. The van der Waals surface area contributed by atoms with Crippen molar-refractivity contribution in [3.8, 4) is 0 Å². The summed E-state index contributed by atoms with van der Waals surface area (Å²) in [6.45, 7) is 7.92. The average Bonchev–Trinajstić information content (AvgIpc) is 1.82. The van der Waals surface area contributed by atoms with Gasteiger partial charge in [-0.25, -0.2) is 0 Å². The first-order valence-electron chi connectivity index (χ1n) is 4.07. The highest BCUT2D eigenvalue weighted by Crippen LogP contribution is 2.08. The van der Waals surface area contributed by atoms with Gasteiger partial charge in [0, 0.05) is 26.1 Å². The van der Waals surface area contributed by atoms with Gasteiger partial charge in [-0.1, -0.05) is 0 Å². The molecule has 0 aromatic carbocycles. The van der Waals surface area contributed by atoms with Gasteiger partial charge in [0.15, 0.2) is 0 Å². The second-order valence-corrected chi connectivity index (χ2v) is 3.54. The van der Waals surface area contributed by atoms with E-state index in [9.17, 15) is 0 Å². The highest BCUT2D eigenvalue weighted by Gasteiger charge is 2.24. The Hall–Kier alpha value is -0.0800. The number of rotatable bonds is 0. The zero-order valence-electron chi connectivity index (χ0n) is 7.39. The second-order valence-electron chi connectivity index (χ2n) is 3.54. The molecule has 10 heavy (non-hydrogen) atoms. The fourth-order valence-corrected chi connectivity index (χ4v) is 1.62. The minimum atomic E-state index is 0. The molecule has 1 heterocycles. The maximum absolute atomic E-state index is 3.52. The summed E-state index contributed by atoms with van der Waals surface area (Å²) in [5.41, 5.74) is 0. The fraction of sp³-hybridized carbons (Fsp3) is 1.00. The Balaban J connectivity index is 0.000001000. The zero-order valence-corrected chi connectivity index (χ0v) is 7.39. The molecule has 62 valence electrons. The van der Waals surface area contributed by atoms with Gasteiger partial charge in [-0.05, 0) is 27.8 Å². The molecule has 1 N–H and O–H groups in total. The molecule has 2 nitrogen and oxygen atoms in total. The van der Waals surface area contributed by atoms with E-state index < -0.39 is 0 Å². The van der Waals surface area contributed by atoms with Gasteiger partial charge in [-0.3, -0.25) is 0 Å². The maximum Gasteiger partial charge on any atom is 0.0216 e. The Bertz CT molecular complexity index is 107. The molecule has 0 radical (unpaired) electrons. The molecular weight excluding hydrogens is 124 g/mol. The average molecular weight is 144 g/mol. The van der Waals surface area contributed by atoms with Crippen LogP contribution in [0.4, 0.5) is 0 Å². The Kier molecular flexibility index (Phi) is 2.32. The SMILES string of the molecule is CC1N[C@@H](C)CN(C)C1C.[HH]. The molecule has 0 aromatic rings. The topological polar surface area (TPSA) is 15.3 Å². The number of likely N-dealkylation sites (N-methyl/N-ethyl adjacent to an activating group) is 1. The van der Waals surface area contributed by atoms with E-state index in [-0.39, 0.29) is 1.43 Å². The molecule has 0 spiro atoms. The van der Waals surface area contributed by atoms with E-state index in [1.54, 1.807) is 0 Å².